The van der Waals surface area contributed by atoms with Gasteiger partial charge in [0.05, 0.1) is 5.54 Å². The van der Waals surface area contributed by atoms with Gasteiger partial charge >= 0.3 is 0 Å². The summed E-state index contributed by atoms with van der Waals surface area (Å²) in [6, 6.07) is 6.52. The molecule has 5 rings (SSSR count). The van der Waals surface area contributed by atoms with Crippen molar-refractivity contribution in [3.63, 3.8) is 0 Å². The van der Waals surface area contributed by atoms with Crippen LogP contribution in [0.2, 0.25) is 0 Å². The van der Waals surface area contributed by atoms with E-state index in [1.165, 1.54) is 18.5 Å². The molecular weight excluding hydrogens is 361 g/mol. The standard InChI is InChI=1S/C21H24FN3O3/c1-3-17-18(23-12-28-17)19(26)24-21-9-16(10-21)25(11-21)20(27)13(2)7-14-5-4-6-15(22)8-14/h4-6,8,12-13,16H,3,7,9-11H2,1-2H3,(H,24,26). The van der Waals surface area contributed by atoms with Crippen molar-refractivity contribution in [3.8, 4) is 0 Å². The molecule has 1 N–H and O–H groups in total. The lowest BCUT2D eigenvalue weighted by Gasteiger charge is -2.37. The number of hydrogen-bond donors (Lipinski definition) is 1. The predicted octanol–water partition coefficient (Wildman–Crippen LogP) is 2.73. The minimum atomic E-state index is -0.375. The number of amides is 2. The smallest absolute Gasteiger partial charge is 0.274 e. The number of carbonyl (C=O) groups is 2. The van der Waals surface area contributed by atoms with E-state index < -0.39 is 0 Å². The van der Waals surface area contributed by atoms with Gasteiger partial charge in [-0.1, -0.05) is 26.0 Å². The molecule has 1 aliphatic carbocycles. The van der Waals surface area contributed by atoms with E-state index in [9.17, 15) is 14.0 Å². The van der Waals surface area contributed by atoms with Crippen LogP contribution in [0.3, 0.4) is 0 Å². The second-order valence-electron chi connectivity index (χ2n) is 7.98. The summed E-state index contributed by atoms with van der Waals surface area (Å²) in [5.41, 5.74) is 0.762. The van der Waals surface area contributed by atoms with Crippen LogP contribution in [0.5, 0.6) is 0 Å². The molecule has 1 saturated carbocycles. The number of nitrogens with one attached hydrogen (secondary N) is 1. The summed E-state index contributed by atoms with van der Waals surface area (Å²) in [7, 11) is 0. The minimum absolute atomic E-state index is 0.0542. The van der Waals surface area contributed by atoms with Crippen LogP contribution in [0.15, 0.2) is 35.1 Å². The molecule has 3 heterocycles. The number of aromatic nitrogens is 1. The van der Waals surface area contributed by atoms with Gasteiger partial charge in [0.15, 0.2) is 12.1 Å². The van der Waals surface area contributed by atoms with Gasteiger partial charge in [-0.25, -0.2) is 9.37 Å². The largest absolute Gasteiger partial charge is 0.448 e. The van der Waals surface area contributed by atoms with Crippen molar-refractivity contribution in [3.05, 3.63) is 53.5 Å². The molecule has 28 heavy (non-hydrogen) atoms. The number of rotatable bonds is 6. The maximum atomic E-state index is 13.4. The van der Waals surface area contributed by atoms with Gasteiger partial charge in [0, 0.05) is 24.9 Å². The van der Waals surface area contributed by atoms with Crippen LogP contribution < -0.4 is 5.32 Å². The van der Waals surface area contributed by atoms with Crippen LogP contribution in [0.1, 0.15) is 48.5 Å². The van der Waals surface area contributed by atoms with E-state index in [4.69, 9.17) is 4.42 Å². The normalized spacial score (nSPS) is 24.0. The van der Waals surface area contributed by atoms with Gasteiger partial charge in [-0.3, -0.25) is 9.59 Å². The lowest BCUT2D eigenvalue weighted by atomic mass is 9.78. The summed E-state index contributed by atoms with van der Waals surface area (Å²) in [4.78, 5) is 31.4. The van der Waals surface area contributed by atoms with Gasteiger partial charge in [-0.05, 0) is 37.0 Å². The highest BCUT2D eigenvalue weighted by molar-refractivity contribution is 5.94. The van der Waals surface area contributed by atoms with Crippen LogP contribution in [-0.2, 0) is 17.6 Å². The van der Waals surface area contributed by atoms with Gasteiger partial charge in [0.25, 0.3) is 5.91 Å². The van der Waals surface area contributed by atoms with Crippen molar-refractivity contribution in [1.82, 2.24) is 15.2 Å². The number of nitrogens with zero attached hydrogens (tertiary/aromatic N) is 2. The Hall–Kier alpha value is -2.70. The third kappa shape index (κ3) is 3.30. The first kappa shape index (κ1) is 18.7. The summed E-state index contributed by atoms with van der Waals surface area (Å²) in [6.45, 7) is 4.29. The maximum Gasteiger partial charge on any atom is 0.274 e. The topological polar surface area (TPSA) is 75.4 Å². The first-order valence-electron chi connectivity index (χ1n) is 9.70. The van der Waals surface area contributed by atoms with E-state index in [1.54, 1.807) is 6.07 Å². The van der Waals surface area contributed by atoms with Gasteiger partial charge in [0.2, 0.25) is 5.91 Å². The average molecular weight is 385 g/mol. The highest BCUT2D eigenvalue weighted by Gasteiger charge is 2.57. The van der Waals surface area contributed by atoms with E-state index in [2.05, 4.69) is 10.3 Å². The molecule has 148 valence electrons. The molecule has 3 fully saturated rings. The van der Waals surface area contributed by atoms with Gasteiger partial charge in [-0.15, -0.1) is 0 Å². The van der Waals surface area contributed by atoms with E-state index in [0.29, 0.717) is 30.8 Å². The first-order valence-corrected chi connectivity index (χ1v) is 9.70. The molecule has 2 aliphatic heterocycles. The fraction of sp³-hybridized carbons (Fsp3) is 0.476. The maximum absolute atomic E-state index is 13.4. The Balaban J connectivity index is 1.38. The third-order valence-electron chi connectivity index (χ3n) is 5.86. The molecule has 2 aromatic rings. The van der Waals surface area contributed by atoms with E-state index >= 15 is 0 Å². The lowest BCUT2D eigenvalue weighted by Crippen LogP contribution is -2.55. The number of carbonyl (C=O) groups excluding carboxylic acids is 2. The summed E-state index contributed by atoms with van der Waals surface area (Å²) in [6.07, 6.45) is 3.90. The van der Waals surface area contributed by atoms with Crippen LogP contribution in [0.4, 0.5) is 4.39 Å². The number of halogens is 1. The van der Waals surface area contributed by atoms with Crippen molar-refractivity contribution in [1.29, 1.82) is 0 Å². The number of hydrogen-bond acceptors (Lipinski definition) is 4. The molecule has 2 saturated heterocycles. The Kier molecular flexibility index (Phi) is 4.69. The highest BCUT2D eigenvalue weighted by atomic mass is 19.1. The Morgan fingerprint density at radius 3 is 2.93 bits per heavy atom. The van der Waals surface area contributed by atoms with Crippen LogP contribution in [0.25, 0.3) is 0 Å². The van der Waals surface area contributed by atoms with E-state index in [1.807, 2.05) is 24.8 Å². The quantitative estimate of drug-likeness (QED) is 0.830. The van der Waals surface area contributed by atoms with E-state index in [0.717, 1.165) is 18.4 Å². The third-order valence-corrected chi connectivity index (χ3v) is 5.86. The zero-order valence-corrected chi connectivity index (χ0v) is 16.1. The van der Waals surface area contributed by atoms with Crippen molar-refractivity contribution in [2.45, 2.75) is 51.1 Å². The fourth-order valence-corrected chi connectivity index (χ4v) is 4.44. The second kappa shape index (κ2) is 7.04. The molecule has 3 aliphatic rings. The molecule has 0 spiro atoms. The second-order valence-corrected chi connectivity index (χ2v) is 7.98. The molecule has 6 nitrogen and oxygen atoms in total. The lowest BCUT2D eigenvalue weighted by molar-refractivity contribution is -0.135. The molecule has 1 aromatic heterocycles. The highest BCUT2D eigenvalue weighted by Crippen LogP contribution is 2.45. The molecule has 1 unspecified atom stereocenters. The van der Waals surface area contributed by atoms with Gasteiger partial charge < -0.3 is 14.6 Å². The van der Waals surface area contributed by atoms with Crippen molar-refractivity contribution < 1.29 is 18.4 Å². The number of aryl methyl sites for hydroxylation is 1. The monoisotopic (exact) mass is 385 g/mol. The molecule has 1 aromatic carbocycles. The SMILES string of the molecule is CCc1ocnc1C(=O)NC12CC(C1)N(C(=O)C(C)Cc1cccc(F)c1)C2. The molecular formula is C21H24FN3O3. The van der Waals surface area contributed by atoms with Crippen molar-refractivity contribution in [2.75, 3.05) is 6.54 Å². The van der Waals surface area contributed by atoms with Gasteiger partial charge in [-0.2, -0.15) is 0 Å². The van der Waals surface area contributed by atoms with E-state index in [-0.39, 0.29) is 35.1 Å². The van der Waals surface area contributed by atoms with Gasteiger partial charge in [0.1, 0.15) is 11.6 Å². The zero-order valence-electron chi connectivity index (χ0n) is 16.1. The Bertz CT molecular complexity index is 904. The first-order chi connectivity index (χ1) is 13.4. The summed E-state index contributed by atoms with van der Waals surface area (Å²) < 4.78 is 18.6. The Labute approximate surface area is 163 Å². The summed E-state index contributed by atoms with van der Waals surface area (Å²) in [5, 5.41) is 3.07. The Morgan fingerprint density at radius 1 is 1.43 bits per heavy atom. The fourth-order valence-electron chi connectivity index (χ4n) is 4.44. The van der Waals surface area contributed by atoms with Crippen molar-refractivity contribution in [2.24, 2.45) is 5.92 Å². The van der Waals surface area contributed by atoms with Crippen LogP contribution in [-0.4, -0.2) is 39.8 Å². The number of oxazole rings is 1. The number of benzene rings is 1. The molecule has 2 bridgehead atoms. The summed E-state index contributed by atoms with van der Waals surface area (Å²) >= 11 is 0. The van der Waals surface area contributed by atoms with Crippen LogP contribution >= 0.6 is 0 Å². The predicted molar refractivity (Wildman–Crippen MR) is 100 cm³/mol. The number of fused-ring (bicyclic) bond motifs is 1. The Morgan fingerprint density at radius 2 is 2.21 bits per heavy atom. The average Bonchev–Trinajstić information content (AvgIpc) is 3.33. The van der Waals surface area contributed by atoms with Crippen molar-refractivity contribution >= 4 is 11.8 Å². The minimum Gasteiger partial charge on any atom is -0.448 e. The molecule has 1 atom stereocenters. The molecule has 7 heteroatoms. The zero-order chi connectivity index (χ0) is 19.9. The molecule has 2 amide bonds. The van der Waals surface area contributed by atoms with Crippen LogP contribution in [0, 0.1) is 11.7 Å². The summed E-state index contributed by atoms with van der Waals surface area (Å²) in [5.74, 6) is -0.151. The molecule has 0 radical (unpaired) electrons.